The number of rotatable bonds is 4. The first kappa shape index (κ1) is 19.0. The van der Waals surface area contributed by atoms with Crippen LogP contribution in [0.25, 0.3) is 10.8 Å². The molecule has 1 aliphatic heterocycles. The molecule has 0 spiro atoms. The Morgan fingerprint density at radius 2 is 2.19 bits per heavy atom. The lowest BCUT2D eigenvalue weighted by Gasteiger charge is -2.37. The van der Waals surface area contributed by atoms with Crippen molar-refractivity contribution in [2.45, 2.75) is 32.7 Å². The van der Waals surface area contributed by atoms with Crippen LogP contribution in [0.5, 0.6) is 5.75 Å². The highest BCUT2D eigenvalue weighted by atomic mass is 16.5. The molecule has 0 unspecified atom stereocenters. The summed E-state index contributed by atoms with van der Waals surface area (Å²) in [6, 6.07) is 3.69. The van der Waals surface area contributed by atoms with Gasteiger partial charge in [-0.2, -0.15) is 0 Å². The van der Waals surface area contributed by atoms with E-state index >= 15 is 0 Å². The highest BCUT2D eigenvalue weighted by molar-refractivity contribution is 6.05. The van der Waals surface area contributed by atoms with Gasteiger partial charge in [-0.05, 0) is 31.4 Å². The van der Waals surface area contributed by atoms with Gasteiger partial charge in [0, 0.05) is 36.1 Å². The van der Waals surface area contributed by atoms with Crippen LogP contribution in [0, 0.1) is 17.8 Å². The molecule has 1 amide bonds. The van der Waals surface area contributed by atoms with Gasteiger partial charge in [-0.15, -0.1) is 5.92 Å². The van der Waals surface area contributed by atoms with Crippen molar-refractivity contribution in [1.29, 1.82) is 0 Å². The predicted molar refractivity (Wildman–Crippen MR) is 108 cm³/mol. The Morgan fingerprint density at radius 3 is 2.78 bits per heavy atom. The molecule has 1 aromatic carbocycles. The number of anilines is 1. The van der Waals surface area contributed by atoms with E-state index in [1.54, 1.807) is 19.2 Å². The van der Waals surface area contributed by atoms with Gasteiger partial charge in [0.05, 0.1) is 18.2 Å². The third kappa shape index (κ3) is 3.56. The van der Waals surface area contributed by atoms with E-state index in [1.807, 2.05) is 6.07 Å². The summed E-state index contributed by atoms with van der Waals surface area (Å²) in [6.45, 7) is 5.60. The van der Waals surface area contributed by atoms with E-state index in [4.69, 9.17) is 16.2 Å². The number of carbonyl (C=O) groups is 1. The molecule has 1 saturated heterocycles. The zero-order chi connectivity index (χ0) is 19.6. The number of pyridine rings is 1. The van der Waals surface area contributed by atoms with E-state index in [9.17, 15) is 4.79 Å². The number of primary amides is 1. The molecule has 0 radical (unpaired) electrons. The Kier molecular flexibility index (Phi) is 5.52. The van der Waals surface area contributed by atoms with Gasteiger partial charge >= 0.3 is 0 Å². The number of methoxy groups -OCH3 is 1. The zero-order valence-corrected chi connectivity index (χ0v) is 16.1. The standard InChI is InChI=1S/C21H26N4O2/c1-4-6-14-11-24-21(25-8-7-13(5-2)18(22)12-25)16-10-19(27-3)17(20(23)26)9-15(14)16/h9-11,13,18H,5,7-8,12,22H2,1-3H3,(H2,23,26)/t13-,18-/m1/s1. The summed E-state index contributed by atoms with van der Waals surface area (Å²) in [7, 11) is 1.53. The Morgan fingerprint density at radius 1 is 1.41 bits per heavy atom. The van der Waals surface area contributed by atoms with Crippen molar-refractivity contribution in [3.05, 3.63) is 29.5 Å². The number of nitrogens with zero attached hydrogens (tertiary/aromatic N) is 2. The molecule has 2 aromatic rings. The Bertz CT molecular complexity index is 929. The lowest BCUT2D eigenvalue weighted by Crippen LogP contribution is -2.48. The highest BCUT2D eigenvalue weighted by Crippen LogP contribution is 2.34. The fourth-order valence-electron chi connectivity index (χ4n) is 3.83. The number of fused-ring (bicyclic) bond motifs is 1. The molecule has 1 aliphatic rings. The molecule has 27 heavy (non-hydrogen) atoms. The summed E-state index contributed by atoms with van der Waals surface area (Å²) < 4.78 is 5.40. The SMILES string of the molecule is CC#Cc1cnc(N2CC[C@@H](CC)[C@H](N)C2)c2cc(OC)c(C(N)=O)cc12. The Hall–Kier alpha value is -2.78. The number of nitrogens with two attached hydrogens (primary N) is 2. The van der Waals surface area contributed by atoms with Crippen LogP contribution in [0.15, 0.2) is 18.3 Å². The first-order valence-electron chi connectivity index (χ1n) is 9.23. The van der Waals surface area contributed by atoms with Crippen LogP contribution in [0.4, 0.5) is 5.82 Å². The fourth-order valence-corrected chi connectivity index (χ4v) is 3.83. The maximum Gasteiger partial charge on any atom is 0.252 e. The van der Waals surface area contributed by atoms with Crippen LogP contribution < -0.4 is 21.1 Å². The molecule has 2 atom stereocenters. The van der Waals surface area contributed by atoms with E-state index in [-0.39, 0.29) is 6.04 Å². The lowest BCUT2D eigenvalue weighted by molar-refractivity contribution is 0.0997. The van der Waals surface area contributed by atoms with Crippen molar-refractivity contribution in [3.8, 4) is 17.6 Å². The molecule has 0 bridgehead atoms. The van der Waals surface area contributed by atoms with Gasteiger partial charge in [-0.25, -0.2) is 4.98 Å². The second-order valence-electron chi connectivity index (χ2n) is 6.90. The summed E-state index contributed by atoms with van der Waals surface area (Å²) in [6.07, 6.45) is 3.88. The number of carbonyl (C=O) groups excluding carboxylic acids is 1. The van der Waals surface area contributed by atoms with E-state index < -0.39 is 5.91 Å². The molecule has 0 aliphatic carbocycles. The molecule has 4 N–H and O–H groups in total. The van der Waals surface area contributed by atoms with Gasteiger partial charge in [0.2, 0.25) is 0 Å². The highest BCUT2D eigenvalue weighted by Gasteiger charge is 2.27. The van der Waals surface area contributed by atoms with Crippen molar-refractivity contribution in [3.63, 3.8) is 0 Å². The molecular weight excluding hydrogens is 340 g/mol. The predicted octanol–water partition coefficient (Wildman–Crippen LogP) is 2.28. The van der Waals surface area contributed by atoms with Crippen molar-refractivity contribution in [1.82, 2.24) is 4.98 Å². The van der Waals surface area contributed by atoms with Gasteiger partial charge in [-0.1, -0.05) is 19.3 Å². The largest absolute Gasteiger partial charge is 0.496 e. The van der Waals surface area contributed by atoms with Crippen molar-refractivity contribution in [2.75, 3.05) is 25.1 Å². The quantitative estimate of drug-likeness (QED) is 0.810. The van der Waals surface area contributed by atoms with Crippen molar-refractivity contribution in [2.24, 2.45) is 17.4 Å². The number of ether oxygens (including phenoxy) is 1. The molecule has 1 aromatic heterocycles. The molecule has 1 fully saturated rings. The van der Waals surface area contributed by atoms with Gasteiger partial charge in [-0.3, -0.25) is 4.79 Å². The summed E-state index contributed by atoms with van der Waals surface area (Å²) in [5, 5.41) is 1.73. The maximum atomic E-state index is 11.9. The van der Waals surface area contributed by atoms with Crippen LogP contribution in [-0.2, 0) is 0 Å². The number of benzene rings is 1. The van der Waals surface area contributed by atoms with Gasteiger partial charge in [0.25, 0.3) is 5.91 Å². The average molecular weight is 366 g/mol. The number of hydrogen-bond acceptors (Lipinski definition) is 5. The number of piperidine rings is 1. The van der Waals surface area contributed by atoms with Crippen LogP contribution in [0.2, 0.25) is 0 Å². The van der Waals surface area contributed by atoms with E-state index in [0.29, 0.717) is 17.2 Å². The van der Waals surface area contributed by atoms with Crippen LogP contribution >= 0.6 is 0 Å². The van der Waals surface area contributed by atoms with Crippen molar-refractivity contribution >= 4 is 22.5 Å². The molecule has 2 heterocycles. The second-order valence-corrected chi connectivity index (χ2v) is 6.90. The topological polar surface area (TPSA) is 94.5 Å². The van der Waals surface area contributed by atoms with E-state index in [0.717, 1.165) is 48.1 Å². The zero-order valence-electron chi connectivity index (χ0n) is 16.1. The second kappa shape index (κ2) is 7.85. The molecule has 0 saturated carbocycles. The molecule has 142 valence electrons. The van der Waals surface area contributed by atoms with Crippen LogP contribution in [0.3, 0.4) is 0 Å². The van der Waals surface area contributed by atoms with E-state index in [1.165, 1.54) is 7.11 Å². The summed E-state index contributed by atoms with van der Waals surface area (Å²) in [5.41, 5.74) is 13.0. The van der Waals surface area contributed by atoms with Crippen LogP contribution in [-0.4, -0.2) is 37.1 Å². The molecular formula is C21H26N4O2. The average Bonchev–Trinajstić information content (AvgIpc) is 2.67. The normalized spacial score (nSPS) is 19.5. The Balaban J connectivity index is 2.17. The molecule has 3 rings (SSSR count). The minimum atomic E-state index is -0.534. The summed E-state index contributed by atoms with van der Waals surface area (Å²) >= 11 is 0. The van der Waals surface area contributed by atoms with Gasteiger partial charge < -0.3 is 21.1 Å². The fraction of sp³-hybridized carbons (Fsp3) is 0.429. The first-order chi connectivity index (χ1) is 13.0. The molecule has 6 nitrogen and oxygen atoms in total. The Labute approximate surface area is 159 Å². The third-order valence-electron chi connectivity index (χ3n) is 5.34. The van der Waals surface area contributed by atoms with Crippen molar-refractivity contribution < 1.29 is 9.53 Å². The summed E-state index contributed by atoms with van der Waals surface area (Å²) in [5.74, 6) is 7.24. The van der Waals surface area contributed by atoms with Gasteiger partial charge in [0.15, 0.2) is 0 Å². The number of aromatic nitrogens is 1. The molecule has 6 heteroatoms. The summed E-state index contributed by atoms with van der Waals surface area (Å²) in [4.78, 5) is 18.8. The van der Waals surface area contributed by atoms with E-state index in [2.05, 4.69) is 28.6 Å². The number of amides is 1. The monoisotopic (exact) mass is 366 g/mol. The minimum Gasteiger partial charge on any atom is -0.496 e. The first-order valence-corrected chi connectivity index (χ1v) is 9.23. The minimum absolute atomic E-state index is 0.113. The lowest BCUT2D eigenvalue weighted by atomic mass is 9.89. The number of hydrogen-bond donors (Lipinski definition) is 2. The maximum absolute atomic E-state index is 11.9. The third-order valence-corrected chi connectivity index (χ3v) is 5.34. The smallest absolute Gasteiger partial charge is 0.252 e. The van der Waals surface area contributed by atoms with Crippen LogP contribution in [0.1, 0.15) is 42.6 Å². The van der Waals surface area contributed by atoms with Gasteiger partial charge in [0.1, 0.15) is 11.6 Å².